The Morgan fingerprint density at radius 2 is 2.30 bits per heavy atom. The van der Waals surface area contributed by atoms with Gasteiger partial charge in [0.05, 0.1) is 23.9 Å². The molecule has 1 saturated heterocycles. The van der Waals surface area contributed by atoms with Crippen LogP contribution in [0.1, 0.15) is 33.7 Å². The first-order valence-electron chi connectivity index (χ1n) is 6.63. The fourth-order valence-electron chi connectivity index (χ4n) is 2.10. The molecule has 2 rings (SSSR count). The number of ether oxygens (including phenoxy) is 1. The molecule has 0 aromatic carbocycles. The molecular weight excluding hydrogens is 280 g/mol. The van der Waals surface area contributed by atoms with E-state index in [1.54, 1.807) is 4.90 Å². The van der Waals surface area contributed by atoms with Crippen molar-refractivity contribution >= 4 is 23.2 Å². The zero-order valence-corrected chi connectivity index (χ0v) is 12.4. The molecule has 1 aromatic heterocycles. The summed E-state index contributed by atoms with van der Waals surface area (Å²) >= 11 is 1.40. The first-order valence-corrected chi connectivity index (χ1v) is 7.44. The van der Waals surface area contributed by atoms with Crippen molar-refractivity contribution in [3.05, 3.63) is 15.6 Å². The molecule has 1 N–H and O–H groups in total. The molecular formula is C13H18N2O4S. The summed E-state index contributed by atoms with van der Waals surface area (Å²) in [5.74, 6) is -1.17. The van der Waals surface area contributed by atoms with E-state index in [1.807, 2.05) is 6.92 Å². The van der Waals surface area contributed by atoms with Gasteiger partial charge in [-0.25, -0.2) is 9.78 Å². The number of aliphatic carboxylic acids is 1. The molecule has 1 atom stereocenters. The lowest BCUT2D eigenvalue weighted by Gasteiger charge is -2.30. The van der Waals surface area contributed by atoms with E-state index in [4.69, 9.17) is 9.84 Å². The molecule has 1 aliphatic rings. The number of carboxylic acids is 1. The molecule has 0 saturated carbocycles. The molecule has 1 unspecified atom stereocenters. The first-order chi connectivity index (χ1) is 9.52. The van der Waals surface area contributed by atoms with Crippen molar-refractivity contribution in [3.63, 3.8) is 0 Å². The first kappa shape index (κ1) is 14.9. The third-order valence-corrected chi connectivity index (χ3v) is 4.33. The van der Waals surface area contributed by atoms with Crippen molar-refractivity contribution in [2.75, 3.05) is 19.7 Å². The maximum Gasteiger partial charge on any atom is 0.334 e. The van der Waals surface area contributed by atoms with E-state index in [1.165, 1.54) is 11.3 Å². The van der Waals surface area contributed by atoms with Crippen LogP contribution in [0, 0.1) is 6.92 Å². The number of rotatable bonds is 4. The SMILES string of the molecule is CCCc1nc(C)c(C(=O)N2CCOC(C(=O)O)C2)s1. The molecule has 1 amide bonds. The molecule has 0 radical (unpaired) electrons. The van der Waals surface area contributed by atoms with Crippen LogP contribution in [0.15, 0.2) is 0 Å². The van der Waals surface area contributed by atoms with Crippen molar-refractivity contribution in [1.82, 2.24) is 9.88 Å². The molecule has 0 aliphatic carbocycles. The van der Waals surface area contributed by atoms with E-state index in [0.29, 0.717) is 11.4 Å². The van der Waals surface area contributed by atoms with Gasteiger partial charge >= 0.3 is 5.97 Å². The summed E-state index contributed by atoms with van der Waals surface area (Å²) in [4.78, 5) is 29.9. The van der Waals surface area contributed by atoms with Crippen molar-refractivity contribution in [1.29, 1.82) is 0 Å². The van der Waals surface area contributed by atoms with Crippen molar-refractivity contribution in [3.8, 4) is 0 Å². The van der Waals surface area contributed by atoms with Gasteiger partial charge in [0.1, 0.15) is 4.88 Å². The number of aryl methyl sites for hydroxylation is 2. The monoisotopic (exact) mass is 298 g/mol. The van der Waals surface area contributed by atoms with E-state index >= 15 is 0 Å². The summed E-state index contributed by atoms with van der Waals surface area (Å²) in [6.45, 7) is 4.65. The van der Waals surface area contributed by atoms with Gasteiger partial charge in [-0.1, -0.05) is 6.92 Å². The Morgan fingerprint density at radius 3 is 2.95 bits per heavy atom. The number of aromatic nitrogens is 1. The Morgan fingerprint density at radius 1 is 1.55 bits per heavy atom. The molecule has 0 bridgehead atoms. The average Bonchev–Trinajstić information content (AvgIpc) is 2.79. The number of thiazole rings is 1. The molecule has 1 aromatic rings. The van der Waals surface area contributed by atoms with Crippen LogP contribution in [-0.4, -0.2) is 52.7 Å². The Balaban J connectivity index is 2.12. The highest BCUT2D eigenvalue weighted by Gasteiger charge is 2.31. The van der Waals surface area contributed by atoms with E-state index in [0.717, 1.165) is 23.5 Å². The number of carboxylic acid groups (broad SMARTS) is 1. The number of hydrogen-bond acceptors (Lipinski definition) is 5. The minimum Gasteiger partial charge on any atom is -0.479 e. The van der Waals surface area contributed by atoms with Gasteiger partial charge in [0.25, 0.3) is 5.91 Å². The van der Waals surface area contributed by atoms with Gasteiger partial charge in [-0.2, -0.15) is 0 Å². The minimum absolute atomic E-state index is 0.0919. The number of amides is 1. The maximum atomic E-state index is 12.5. The Hall–Kier alpha value is -1.47. The predicted molar refractivity (Wildman–Crippen MR) is 74.1 cm³/mol. The van der Waals surface area contributed by atoms with E-state index in [9.17, 15) is 9.59 Å². The Bertz CT molecular complexity index is 514. The van der Waals surface area contributed by atoms with Crippen LogP contribution in [0.4, 0.5) is 0 Å². The zero-order valence-electron chi connectivity index (χ0n) is 11.6. The lowest BCUT2D eigenvalue weighted by Crippen LogP contribution is -2.48. The van der Waals surface area contributed by atoms with E-state index in [-0.39, 0.29) is 19.1 Å². The summed E-state index contributed by atoms with van der Waals surface area (Å²) in [7, 11) is 0. The topological polar surface area (TPSA) is 79.7 Å². The van der Waals surface area contributed by atoms with E-state index in [2.05, 4.69) is 11.9 Å². The van der Waals surface area contributed by atoms with Gasteiger partial charge in [-0.05, 0) is 19.8 Å². The number of morpholine rings is 1. The fourth-order valence-corrected chi connectivity index (χ4v) is 3.23. The van der Waals surface area contributed by atoms with Crippen molar-refractivity contribution < 1.29 is 19.4 Å². The molecule has 1 fully saturated rings. The summed E-state index contributed by atoms with van der Waals surface area (Å²) in [6.07, 6.45) is 0.912. The Kier molecular flexibility index (Phi) is 4.72. The van der Waals surface area contributed by atoms with Gasteiger partial charge in [-0.15, -0.1) is 11.3 Å². The second kappa shape index (κ2) is 6.32. The highest BCUT2D eigenvalue weighted by Crippen LogP contribution is 2.22. The second-order valence-electron chi connectivity index (χ2n) is 4.72. The van der Waals surface area contributed by atoms with Crippen LogP contribution >= 0.6 is 11.3 Å². The summed E-state index contributed by atoms with van der Waals surface area (Å²) in [5, 5.41) is 9.92. The molecule has 110 valence electrons. The standard InChI is InChI=1S/C13H18N2O4S/c1-3-4-10-14-8(2)11(20-10)12(16)15-5-6-19-9(7-15)13(17)18/h9H,3-7H2,1-2H3,(H,17,18). The predicted octanol–water partition coefficient (Wildman–Crippen LogP) is 1.33. The highest BCUT2D eigenvalue weighted by atomic mass is 32.1. The van der Waals surface area contributed by atoms with Gasteiger partial charge in [0.15, 0.2) is 6.10 Å². The van der Waals surface area contributed by atoms with Crippen LogP contribution < -0.4 is 0 Å². The minimum atomic E-state index is -1.03. The lowest BCUT2D eigenvalue weighted by molar-refractivity contribution is -0.154. The highest BCUT2D eigenvalue weighted by molar-refractivity contribution is 7.13. The van der Waals surface area contributed by atoms with Crippen molar-refractivity contribution in [2.24, 2.45) is 0 Å². The molecule has 0 spiro atoms. The van der Waals surface area contributed by atoms with Gasteiger partial charge in [-0.3, -0.25) is 4.79 Å². The average molecular weight is 298 g/mol. The molecule has 6 nitrogen and oxygen atoms in total. The van der Waals surface area contributed by atoms with Crippen LogP contribution in [0.2, 0.25) is 0 Å². The molecule has 20 heavy (non-hydrogen) atoms. The zero-order chi connectivity index (χ0) is 14.7. The normalized spacial score (nSPS) is 19.1. The van der Waals surface area contributed by atoms with Crippen LogP contribution in [0.3, 0.4) is 0 Å². The summed E-state index contributed by atoms with van der Waals surface area (Å²) in [6, 6.07) is 0. The Labute approximate surface area is 121 Å². The smallest absolute Gasteiger partial charge is 0.334 e. The number of hydrogen-bond donors (Lipinski definition) is 1. The van der Waals surface area contributed by atoms with Crippen molar-refractivity contribution in [2.45, 2.75) is 32.8 Å². The molecule has 1 aliphatic heterocycles. The summed E-state index contributed by atoms with van der Waals surface area (Å²) in [5.41, 5.74) is 0.724. The third kappa shape index (κ3) is 3.16. The largest absolute Gasteiger partial charge is 0.479 e. The number of carbonyl (C=O) groups excluding carboxylic acids is 1. The fraction of sp³-hybridized carbons (Fsp3) is 0.615. The maximum absolute atomic E-state index is 12.5. The van der Waals surface area contributed by atoms with Crippen LogP contribution in [-0.2, 0) is 16.0 Å². The van der Waals surface area contributed by atoms with Gasteiger partial charge in [0, 0.05) is 6.54 Å². The number of nitrogens with zero attached hydrogens (tertiary/aromatic N) is 2. The second-order valence-corrected chi connectivity index (χ2v) is 5.80. The third-order valence-electron chi connectivity index (χ3n) is 3.13. The quantitative estimate of drug-likeness (QED) is 0.907. The van der Waals surface area contributed by atoms with Crippen LogP contribution in [0.25, 0.3) is 0 Å². The number of carbonyl (C=O) groups is 2. The van der Waals surface area contributed by atoms with Gasteiger partial charge in [0.2, 0.25) is 0 Å². The summed E-state index contributed by atoms with van der Waals surface area (Å²) < 4.78 is 5.12. The molecule has 7 heteroatoms. The molecule has 2 heterocycles. The van der Waals surface area contributed by atoms with Crippen LogP contribution in [0.5, 0.6) is 0 Å². The van der Waals surface area contributed by atoms with Gasteiger partial charge < -0.3 is 14.7 Å². The lowest BCUT2D eigenvalue weighted by atomic mass is 10.2. The van der Waals surface area contributed by atoms with E-state index < -0.39 is 12.1 Å².